The summed E-state index contributed by atoms with van der Waals surface area (Å²) >= 11 is 0. The molecule has 18 heavy (non-hydrogen) atoms. The first-order valence-corrected chi connectivity index (χ1v) is 5.11. The second-order valence-electron chi connectivity index (χ2n) is 3.51. The number of hydrogen-bond acceptors (Lipinski definition) is 3. The minimum Gasteiger partial charge on any atom is -0.462 e. The van der Waals surface area contributed by atoms with Crippen LogP contribution < -0.4 is 0 Å². The summed E-state index contributed by atoms with van der Waals surface area (Å²) in [5, 5.41) is 8.85. The van der Waals surface area contributed by atoms with Gasteiger partial charge in [-0.3, -0.25) is 0 Å². The number of alkyl halides is 3. The van der Waals surface area contributed by atoms with Gasteiger partial charge in [-0.25, -0.2) is 4.79 Å². The van der Waals surface area contributed by atoms with Crippen LogP contribution in [0.3, 0.4) is 0 Å². The normalized spacial score (nSPS) is 10.9. The number of ether oxygens (including phenoxy) is 1. The first kappa shape index (κ1) is 14.0. The fourth-order valence-corrected chi connectivity index (χ4v) is 1.57. The van der Waals surface area contributed by atoms with E-state index in [9.17, 15) is 18.0 Å². The summed E-state index contributed by atoms with van der Waals surface area (Å²) in [6, 6.07) is 3.75. The topological polar surface area (TPSA) is 50.1 Å². The highest BCUT2D eigenvalue weighted by molar-refractivity contribution is 5.93. The van der Waals surface area contributed by atoms with Crippen molar-refractivity contribution in [1.82, 2.24) is 0 Å². The lowest BCUT2D eigenvalue weighted by Gasteiger charge is -2.14. The highest BCUT2D eigenvalue weighted by Gasteiger charge is 2.37. The van der Waals surface area contributed by atoms with Gasteiger partial charge in [0.2, 0.25) is 0 Å². The van der Waals surface area contributed by atoms with Crippen LogP contribution in [0.2, 0.25) is 0 Å². The molecule has 0 atom stereocenters. The van der Waals surface area contributed by atoms with Crippen molar-refractivity contribution in [2.24, 2.45) is 0 Å². The summed E-state index contributed by atoms with van der Waals surface area (Å²) < 4.78 is 43.1. The smallest absolute Gasteiger partial charge is 0.417 e. The molecule has 0 aliphatic heterocycles. The molecule has 0 radical (unpaired) electrons. The zero-order valence-electron chi connectivity index (χ0n) is 9.76. The third kappa shape index (κ3) is 2.62. The summed E-state index contributed by atoms with van der Waals surface area (Å²) in [6.07, 6.45) is -4.68. The van der Waals surface area contributed by atoms with Crippen LogP contribution in [-0.4, -0.2) is 12.6 Å². The van der Waals surface area contributed by atoms with E-state index in [4.69, 9.17) is 5.26 Å². The van der Waals surface area contributed by atoms with Gasteiger partial charge in [-0.1, -0.05) is 6.07 Å². The van der Waals surface area contributed by atoms with Gasteiger partial charge in [0.25, 0.3) is 0 Å². The van der Waals surface area contributed by atoms with E-state index in [1.165, 1.54) is 26.0 Å². The van der Waals surface area contributed by atoms with Crippen LogP contribution in [0.25, 0.3) is 0 Å². The van der Waals surface area contributed by atoms with Gasteiger partial charge >= 0.3 is 12.1 Å². The number of carbonyl (C=O) groups excluding carboxylic acids is 1. The number of carbonyl (C=O) groups is 1. The van der Waals surface area contributed by atoms with Crippen molar-refractivity contribution in [3.8, 4) is 6.07 Å². The molecule has 0 aromatic heterocycles. The van der Waals surface area contributed by atoms with Gasteiger partial charge in [0.15, 0.2) is 0 Å². The molecule has 0 aliphatic carbocycles. The average molecular weight is 257 g/mol. The third-order valence-corrected chi connectivity index (χ3v) is 2.30. The molecule has 0 saturated heterocycles. The van der Waals surface area contributed by atoms with Gasteiger partial charge < -0.3 is 4.74 Å². The molecule has 1 aromatic rings. The minimum atomic E-state index is -4.68. The molecule has 0 saturated carbocycles. The van der Waals surface area contributed by atoms with Crippen molar-refractivity contribution in [3.05, 3.63) is 34.4 Å². The molecular formula is C12H10F3NO2. The van der Waals surface area contributed by atoms with Crippen LogP contribution >= 0.6 is 0 Å². The number of esters is 1. The van der Waals surface area contributed by atoms with Crippen LogP contribution in [0.1, 0.15) is 34.0 Å². The van der Waals surface area contributed by atoms with Gasteiger partial charge in [0, 0.05) is 0 Å². The van der Waals surface area contributed by atoms with Crippen molar-refractivity contribution in [2.45, 2.75) is 20.0 Å². The summed E-state index contributed by atoms with van der Waals surface area (Å²) in [5.41, 5.74) is -2.25. The minimum absolute atomic E-state index is 0.0267. The maximum absolute atomic E-state index is 12.8. The summed E-state index contributed by atoms with van der Waals surface area (Å²) in [6.45, 7) is 2.79. The molecule has 3 nitrogen and oxygen atoms in total. The van der Waals surface area contributed by atoms with E-state index in [-0.39, 0.29) is 17.7 Å². The standard InChI is InChI=1S/C12H10F3NO2/c1-3-18-11(17)8-5-4-7(2)10(9(8)6-16)12(13,14)15/h4-5H,3H2,1-2H3. The summed E-state index contributed by atoms with van der Waals surface area (Å²) in [5.74, 6) is -0.931. The lowest BCUT2D eigenvalue weighted by molar-refractivity contribution is -0.138. The average Bonchev–Trinajstić information content (AvgIpc) is 2.26. The van der Waals surface area contributed by atoms with E-state index in [2.05, 4.69) is 4.74 Å². The monoisotopic (exact) mass is 257 g/mol. The summed E-state index contributed by atoms with van der Waals surface area (Å²) in [4.78, 5) is 11.5. The lowest BCUT2D eigenvalue weighted by atomic mass is 9.97. The van der Waals surface area contributed by atoms with Crippen LogP contribution in [-0.2, 0) is 10.9 Å². The zero-order chi connectivity index (χ0) is 13.9. The van der Waals surface area contributed by atoms with Crippen LogP contribution in [0.15, 0.2) is 12.1 Å². The van der Waals surface area contributed by atoms with E-state index < -0.39 is 23.3 Å². The Kier molecular flexibility index (Phi) is 3.96. The second kappa shape index (κ2) is 5.08. The van der Waals surface area contributed by atoms with Gasteiger partial charge in [-0.05, 0) is 25.5 Å². The maximum atomic E-state index is 12.8. The lowest BCUT2D eigenvalue weighted by Crippen LogP contribution is -2.15. The zero-order valence-corrected chi connectivity index (χ0v) is 9.76. The number of aryl methyl sites for hydroxylation is 1. The molecule has 0 bridgehead atoms. The number of hydrogen-bond donors (Lipinski definition) is 0. The van der Waals surface area contributed by atoms with Crippen molar-refractivity contribution >= 4 is 5.97 Å². The van der Waals surface area contributed by atoms with Crippen molar-refractivity contribution in [1.29, 1.82) is 5.26 Å². The van der Waals surface area contributed by atoms with Crippen molar-refractivity contribution < 1.29 is 22.7 Å². The Labute approximate surface area is 102 Å². The van der Waals surface area contributed by atoms with Crippen molar-refractivity contribution in [3.63, 3.8) is 0 Å². The van der Waals surface area contributed by atoms with E-state index in [1.54, 1.807) is 0 Å². The third-order valence-electron chi connectivity index (χ3n) is 2.30. The Balaban J connectivity index is 3.50. The predicted molar refractivity (Wildman–Crippen MR) is 56.9 cm³/mol. The number of halogens is 3. The fraction of sp³-hybridized carbons (Fsp3) is 0.333. The molecule has 96 valence electrons. The Morgan fingerprint density at radius 2 is 2.06 bits per heavy atom. The second-order valence-corrected chi connectivity index (χ2v) is 3.51. The van der Waals surface area contributed by atoms with Crippen molar-refractivity contribution in [2.75, 3.05) is 6.61 Å². The SMILES string of the molecule is CCOC(=O)c1ccc(C)c(C(F)(F)F)c1C#N. The van der Waals surface area contributed by atoms with Crippen LogP contribution in [0.4, 0.5) is 13.2 Å². The van der Waals surface area contributed by atoms with E-state index >= 15 is 0 Å². The molecule has 0 spiro atoms. The Morgan fingerprint density at radius 3 is 2.50 bits per heavy atom. The molecule has 1 rings (SSSR count). The highest BCUT2D eigenvalue weighted by atomic mass is 19.4. The summed E-state index contributed by atoms with van der Waals surface area (Å²) in [7, 11) is 0. The van der Waals surface area contributed by atoms with Gasteiger partial charge in [-0.15, -0.1) is 0 Å². The molecule has 6 heteroatoms. The Bertz CT molecular complexity index is 515. The molecule has 0 aliphatic rings. The maximum Gasteiger partial charge on any atom is 0.417 e. The molecule has 0 heterocycles. The van der Waals surface area contributed by atoms with Gasteiger partial charge in [0.05, 0.1) is 23.3 Å². The molecule has 0 N–H and O–H groups in total. The molecule has 0 fully saturated rings. The molecular weight excluding hydrogens is 247 g/mol. The molecule has 1 aromatic carbocycles. The van der Waals surface area contributed by atoms with Gasteiger partial charge in [0.1, 0.15) is 6.07 Å². The highest BCUT2D eigenvalue weighted by Crippen LogP contribution is 2.35. The predicted octanol–water partition coefficient (Wildman–Crippen LogP) is 3.06. The van der Waals surface area contributed by atoms with Crippen LogP contribution in [0, 0.1) is 18.3 Å². The van der Waals surface area contributed by atoms with E-state index in [1.807, 2.05) is 0 Å². The molecule has 0 unspecified atom stereocenters. The molecule has 0 amide bonds. The first-order valence-electron chi connectivity index (χ1n) is 5.11. The van der Waals surface area contributed by atoms with E-state index in [0.29, 0.717) is 0 Å². The van der Waals surface area contributed by atoms with E-state index in [0.717, 1.165) is 6.07 Å². The van der Waals surface area contributed by atoms with Gasteiger partial charge in [-0.2, -0.15) is 18.4 Å². The largest absolute Gasteiger partial charge is 0.462 e. The Hall–Kier alpha value is -2.03. The first-order chi connectivity index (χ1) is 8.32. The fourth-order valence-electron chi connectivity index (χ4n) is 1.57. The number of nitrogens with zero attached hydrogens (tertiary/aromatic N) is 1. The number of nitriles is 1. The van der Waals surface area contributed by atoms with Crippen LogP contribution in [0.5, 0.6) is 0 Å². The number of rotatable bonds is 2. The number of benzene rings is 1. The Morgan fingerprint density at radius 1 is 1.44 bits per heavy atom. The quantitative estimate of drug-likeness (QED) is 0.765.